The highest BCUT2D eigenvalue weighted by atomic mass is 32.2. The van der Waals surface area contributed by atoms with Crippen molar-refractivity contribution in [3.8, 4) is 5.75 Å². The molecule has 0 bridgehead atoms. The molecule has 0 unspecified atom stereocenters. The van der Waals surface area contributed by atoms with Crippen LogP contribution in [0.15, 0.2) is 60.8 Å². The molecule has 1 aliphatic rings. The molecule has 5 nitrogen and oxygen atoms in total. The zero-order chi connectivity index (χ0) is 26.5. The lowest BCUT2D eigenvalue weighted by molar-refractivity contribution is 0.0951. The molecule has 0 aliphatic heterocycles. The van der Waals surface area contributed by atoms with Crippen LogP contribution in [0.4, 0.5) is 8.78 Å². The van der Waals surface area contributed by atoms with Crippen molar-refractivity contribution in [2.24, 2.45) is 0 Å². The fourth-order valence-electron chi connectivity index (χ4n) is 5.01. The Morgan fingerprint density at radius 3 is 2.68 bits per heavy atom. The van der Waals surface area contributed by atoms with Crippen LogP contribution >= 0.6 is 11.8 Å². The van der Waals surface area contributed by atoms with Gasteiger partial charge in [-0.15, -0.1) is 0 Å². The van der Waals surface area contributed by atoms with E-state index in [4.69, 9.17) is 4.74 Å². The number of carbonyl (C=O) groups excluding carboxylic acids is 1. The maximum Gasteiger partial charge on any atom is 0.254 e. The number of nitrogens with one attached hydrogen (secondary N) is 1. The van der Waals surface area contributed by atoms with Gasteiger partial charge >= 0.3 is 0 Å². The highest BCUT2D eigenvalue weighted by Gasteiger charge is 2.24. The summed E-state index contributed by atoms with van der Waals surface area (Å²) in [7, 11) is 0. The van der Waals surface area contributed by atoms with Gasteiger partial charge in [0.1, 0.15) is 5.75 Å². The van der Waals surface area contributed by atoms with E-state index in [-0.39, 0.29) is 18.6 Å². The van der Waals surface area contributed by atoms with E-state index in [9.17, 15) is 13.6 Å². The number of halogens is 2. The molecule has 0 radical (unpaired) electrons. The lowest BCUT2D eigenvalue weighted by Crippen LogP contribution is -2.24. The molecule has 0 spiro atoms. The Bertz CT molecular complexity index is 1420. The molecular weight excluding hydrogens is 504 g/mol. The van der Waals surface area contributed by atoms with Gasteiger partial charge in [-0.3, -0.25) is 9.78 Å². The Balaban J connectivity index is 1.54. The monoisotopic (exact) mass is 535 g/mol. The third-order valence-corrected chi connectivity index (χ3v) is 7.79. The van der Waals surface area contributed by atoms with E-state index in [1.54, 1.807) is 18.0 Å². The Labute approximate surface area is 225 Å². The van der Waals surface area contributed by atoms with Crippen LogP contribution in [0.5, 0.6) is 5.75 Å². The molecule has 38 heavy (non-hydrogen) atoms. The number of benzene rings is 2. The van der Waals surface area contributed by atoms with E-state index < -0.39 is 11.6 Å². The molecule has 2 aromatic heterocycles. The first kappa shape index (κ1) is 26.2. The largest absolute Gasteiger partial charge is 0.490 e. The topological polar surface area (TPSA) is 56.1 Å². The second-order valence-corrected chi connectivity index (χ2v) is 10.8. The molecule has 4 aromatic rings. The first-order valence-electron chi connectivity index (χ1n) is 13.0. The van der Waals surface area contributed by atoms with Gasteiger partial charge < -0.3 is 14.6 Å². The number of pyridine rings is 1. The molecule has 0 saturated heterocycles. The third kappa shape index (κ3) is 5.85. The van der Waals surface area contributed by atoms with E-state index in [0.29, 0.717) is 23.4 Å². The quantitative estimate of drug-likeness (QED) is 0.241. The lowest BCUT2D eigenvalue weighted by Gasteiger charge is -2.14. The number of carbonyl (C=O) groups is 1. The molecule has 1 aliphatic carbocycles. The van der Waals surface area contributed by atoms with E-state index in [1.807, 2.05) is 36.4 Å². The van der Waals surface area contributed by atoms with Crippen molar-refractivity contribution in [2.75, 3.05) is 5.75 Å². The van der Waals surface area contributed by atoms with Crippen LogP contribution in [-0.2, 0) is 18.8 Å². The summed E-state index contributed by atoms with van der Waals surface area (Å²) in [4.78, 5) is 18.2. The van der Waals surface area contributed by atoms with E-state index in [2.05, 4.69) is 21.8 Å². The Hall–Kier alpha value is -3.39. The number of aromatic nitrogens is 2. The highest BCUT2D eigenvalue weighted by molar-refractivity contribution is 7.98. The second kappa shape index (κ2) is 12.0. The van der Waals surface area contributed by atoms with Crippen LogP contribution < -0.4 is 10.1 Å². The molecule has 1 saturated carbocycles. The first-order valence-corrected chi connectivity index (χ1v) is 14.2. The summed E-state index contributed by atoms with van der Waals surface area (Å²) < 4.78 is 35.6. The molecular formula is C30H31F2N3O2S. The van der Waals surface area contributed by atoms with Crippen LogP contribution in [0, 0.1) is 11.6 Å². The van der Waals surface area contributed by atoms with Gasteiger partial charge in [0.25, 0.3) is 5.91 Å². The maximum absolute atomic E-state index is 13.7. The third-order valence-electron chi connectivity index (χ3n) is 6.90. The fourth-order valence-corrected chi connectivity index (χ4v) is 5.71. The van der Waals surface area contributed by atoms with Crippen LogP contribution in [0.3, 0.4) is 0 Å². The SMILES string of the molecule is CCSCc1c(C(=O)NCc2ccc(F)c(F)c2)c2ccc(OC3CCCC3)cc2n1Cc1ccccn1. The molecule has 1 amide bonds. The first-order chi connectivity index (χ1) is 18.5. The number of thioether (sulfide) groups is 1. The summed E-state index contributed by atoms with van der Waals surface area (Å²) in [6, 6.07) is 15.4. The zero-order valence-electron chi connectivity index (χ0n) is 21.4. The summed E-state index contributed by atoms with van der Waals surface area (Å²) in [6.07, 6.45) is 6.48. The summed E-state index contributed by atoms with van der Waals surface area (Å²) in [6.45, 7) is 2.69. The van der Waals surface area contributed by atoms with Crippen LogP contribution in [0.25, 0.3) is 10.9 Å². The van der Waals surface area contributed by atoms with Crippen molar-refractivity contribution in [3.05, 3.63) is 94.9 Å². The molecule has 2 heterocycles. The summed E-state index contributed by atoms with van der Waals surface area (Å²) in [5.41, 5.74) is 3.79. The minimum atomic E-state index is -0.932. The predicted octanol–water partition coefficient (Wildman–Crippen LogP) is 6.87. The zero-order valence-corrected chi connectivity index (χ0v) is 22.2. The minimum Gasteiger partial charge on any atom is -0.490 e. The Morgan fingerprint density at radius 2 is 1.95 bits per heavy atom. The average molecular weight is 536 g/mol. The maximum atomic E-state index is 13.7. The van der Waals surface area contributed by atoms with Crippen LogP contribution in [0.1, 0.15) is 59.9 Å². The van der Waals surface area contributed by atoms with Crippen molar-refractivity contribution in [1.82, 2.24) is 14.9 Å². The summed E-state index contributed by atoms with van der Waals surface area (Å²) in [5.74, 6) is 0.246. The van der Waals surface area contributed by atoms with Gasteiger partial charge in [0.2, 0.25) is 0 Å². The van der Waals surface area contributed by atoms with Gasteiger partial charge in [0, 0.05) is 35.6 Å². The van der Waals surface area contributed by atoms with Crippen molar-refractivity contribution >= 4 is 28.6 Å². The average Bonchev–Trinajstić information content (AvgIpc) is 3.54. The van der Waals surface area contributed by atoms with Crippen molar-refractivity contribution in [1.29, 1.82) is 0 Å². The number of nitrogens with zero attached hydrogens (tertiary/aromatic N) is 2. The van der Waals surface area contributed by atoms with Gasteiger partial charge in [-0.2, -0.15) is 11.8 Å². The molecule has 1 N–H and O–H groups in total. The van der Waals surface area contributed by atoms with Crippen molar-refractivity contribution < 1.29 is 18.3 Å². The predicted molar refractivity (Wildman–Crippen MR) is 148 cm³/mol. The van der Waals surface area contributed by atoms with Gasteiger partial charge in [0.15, 0.2) is 11.6 Å². The molecule has 5 rings (SSSR count). The van der Waals surface area contributed by atoms with E-state index >= 15 is 0 Å². The van der Waals surface area contributed by atoms with Gasteiger partial charge in [-0.05, 0) is 73.4 Å². The number of hydrogen-bond donors (Lipinski definition) is 1. The van der Waals surface area contributed by atoms with E-state index in [1.165, 1.54) is 18.9 Å². The number of rotatable bonds is 10. The molecule has 2 aromatic carbocycles. The minimum absolute atomic E-state index is 0.0895. The number of amides is 1. The number of ether oxygens (including phenoxy) is 1. The van der Waals surface area contributed by atoms with E-state index in [0.717, 1.165) is 58.8 Å². The normalized spacial score (nSPS) is 13.8. The summed E-state index contributed by atoms with van der Waals surface area (Å²) in [5, 5.41) is 3.75. The Morgan fingerprint density at radius 1 is 1.11 bits per heavy atom. The molecule has 198 valence electrons. The van der Waals surface area contributed by atoms with Crippen molar-refractivity contribution in [3.63, 3.8) is 0 Å². The lowest BCUT2D eigenvalue weighted by atomic mass is 10.1. The number of fused-ring (bicyclic) bond motifs is 1. The summed E-state index contributed by atoms with van der Waals surface area (Å²) >= 11 is 1.74. The van der Waals surface area contributed by atoms with Gasteiger partial charge in [-0.1, -0.05) is 19.1 Å². The Kier molecular flexibility index (Phi) is 8.27. The molecule has 8 heteroatoms. The number of hydrogen-bond acceptors (Lipinski definition) is 4. The van der Waals surface area contributed by atoms with Crippen LogP contribution in [-0.4, -0.2) is 27.3 Å². The van der Waals surface area contributed by atoms with Crippen LogP contribution in [0.2, 0.25) is 0 Å². The molecule has 1 fully saturated rings. The standard InChI is InChI=1S/C30H31F2N3O2S/c1-2-38-19-28-29(30(36)34-17-20-10-13-25(31)26(32)15-20)24-12-11-23(37-22-8-3-4-9-22)16-27(24)35(28)18-21-7-5-6-14-33-21/h5-7,10-16,22H,2-4,8-9,17-19H2,1H3,(H,34,36). The fraction of sp³-hybridized carbons (Fsp3) is 0.333. The highest BCUT2D eigenvalue weighted by Crippen LogP contribution is 2.34. The van der Waals surface area contributed by atoms with Gasteiger partial charge in [-0.25, -0.2) is 8.78 Å². The van der Waals surface area contributed by atoms with Gasteiger partial charge in [0.05, 0.1) is 29.4 Å². The van der Waals surface area contributed by atoms with Crippen molar-refractivity contribution in [2.45, 2.75) is 57.6 Å². The smallest absolute Gasteiger partial charge is 0.254 e. The second-order valence-electron chi connectivity index (χ2n) is 9.50. The molecule has 0 atom stereocenters.